The normalized spacial score (nSPS) is 10.6. The van der Waals surface area contributed by atoms with Crippen molar-refractivity contribution >= 4 is 74.6 Å². The highest BCUT2D eigenvalue weighted by Gasteiger charge is 2.12. The van der Waals surface area contributed by atoms with Crippen LogP contribution in [0.3, 0.4) is 0 Å². The van der Waals surface area contributed by atoms with E-state index in [1.54, 1.807) is 0 Å². The first kappa shape index (κ1) is 20.2. The van der Waals surface area contributed by atoms with Gasteiger partial charge < -0.3 is 10.6 Å². The molecule has 140 valence electrons. The number of carbonyl (C=O) groups is 1. The molecule has 1 amide bonds. The van der Waals surface area contributed by atoms with Crippen LogP contribution in [-0.4, -0.2) is 21.9 Å². The van der Waals surface area contributed by atoms with Gasteiger partial charge in [-0.05, 0) is 17.7 Å². The van der Waals surface area contributed by atoms with Crippen molar-refractivity contribution < 1.29 is 4.79 Å². The van der Waals surface area contributed by atoms with E-state index in [2.05, 4.69) is 20.8 Å². The molecule has 0 radical (unpaired) electrons. The fourth-order valence-corrected chi connectivity index (χ4v) is 4.19. The minimum absolute atomic E-state index is 0.171. The Balaban J connectivity index is 1.49. The van der Waals surface area contributed by atoms with E-state index >= 15 is 0 Å². The first-order valence-corrected chi connectivity index (χ1v) is 10.6. The summed E-state index contributed by atoms with van der Waals surface area (Å²) in [6.45, 7) is 0.663. The third-order valence-corrected chi connectivity index (χ3v) is 6.35. The van der Waals surface area contributed by atoms with Crippen LogP contribution < -0.4 is 10.6 Å². The summed E-state index contributed by atoms with van der Waals surface area (Å²) < 4.78 is 0.695. The van der Waals surface area contributed by atoms with Crippen LogP contribution >= 0.6 is 57.9 Å². The van der Waals surface area contributed by atoms with Crippen molar-refractivity contribution in [2.45, 2.75) is 10.9 Å². The predicted octanol–water partition coefficient (Wildman–Crippen LogP) is 5.84. The molecule has 0 bridgehead atoms. The summed E-state index contributed by atoms with van der Waals surface area (Å²) in [5.74, 6) is -0.0570. The zero-order valence-electron chi connectivity index (χ0n) is 13.7. The molecule has 3 aromatic rings. The summed E-state index contributed by atoms with van der Waals surface area (Å²) in [7, 11) is 0. The van der Waals surface area contributed by atoms with E-state index in [1.165, 1.54) is 35.2 Å². The van der Waals surface area contributed by atoms with Gasteiger partial charge in [0, 0.05) is 6.54 Å². The summed E-state index contributed by atoms with van der Waals surface area (Å²) in [6, 6.07) is 13.0. The Morgan fingerprint density at radius 2 is 1.78 bits per heavy atom. The quantitative estimate of drug-likeness (QED) is 0.343. The first-order valence-electron chi connectivity index (χ1n) is 7.70. The van der Waals surface area contributed by atoms with E-state index in [-0.39, 0.29) is 11.7 Å². The Labute approximate surface area is 179 Å². The highest BCUT2D eigenvalue weighted by molar-refractivity contribution is 8.01. The second-order valence-corrected chi connectivity index (χ2v) is 8.72. The van der Waals surface area contributed by atoms with Gasteiger partial charge in [-0.3, -0.25) is 4.79 Å². The summed E-state index contributed by atoms with van der Waals surface area (Å²) >= 11 is 20.6. The Morgan fingerprint density at radius 3 is 2.56 bits per heavy atom. The Bertz CT molecular complexity index is 937. The minimum Gasteiger partial charge on any atom is -0.356 e. The van der Waals surface area contributed by atoms with Crippen LogP contribution in [0.5, 0.6) is 0 Å². The zero-order valence-corrected chi connectivity index (χ0v) is 17.6. The Morgan fingerprint density at radius 1 is 1.04 bits per heavy atom. The van der Waals surface area contributed by atoms with Gasteiger partial charge in [-0.15, -0.1) is 10.2 Å². The topological polar surface area (TPSA) is 66.9 Å². The number of nitrogens with zero attached hydrogens (tertiary/aromatic N) is 2. The molecule has 27 heavy (non-hydrogen) atoms. The number of rotatable bonds is 7. The molecule has 0 aliphatic rings. The first-order chi connectivity index (χ1) is 13.0. The van der Waals surface area contributed by atoms with Gasteiger partial charge in [0.25, 0.3) is 0 Å². The van der Waals surface area contributed by atoms with Gasteiger partial charge in [0.05, 0.1) is 26.5 Å². The molecular formula is C17H13Cl3N4OS2. The van der Waals surface area contributed by atoms with Crippen LogP contribution in [0.15, 0.2) is 46.8 Å². The number of benzene rings is 2. The summed E-state index contributed by atoms with van der Waals surface area (Å²) in [6.07, 6.45) is 0. The number of thioether (sulfide) groups is 1. The third kappa shape index (κ3) is 5.99. The van der Waals surface area contributed by atoms with Crippen molar-refractivity contribution in [3.05, 3.63) is 63.1 Å². The number of amides is 1. The Hall–Kier alpha value is -1.51. The number of hydrogen-bond donors (Lipinski definition) is 2. The standard InChI is InChI=1S/C17H13Cl3N4OS2/c18-11-6-13(20)14(7-12(11)19)22-15(25)9-26-17-24-23-16(27-17)21-8-10-4-2-1-3-5-10/h1-7H,8-9H2,(H,21,23)(H,22,25). The van der Waals surface area contributed by atoms with Crippen LogP contribution in [0.4, 0.5) is 10.8 Å². The van der Waals surface area contributed by atoms with Gasteiger partial charge in [0.1, 0.15) is 0 Å². The number of aromatic nitrogens is 2. The van der Waals surface area contributed by atoms with E-state index < -0.39 is 0 Å². The molecule has 10 heteroatoms. The molecule has 2 aromatic carbocycles. The predicted molar refractivity (Wildman–Crippen MR) is 115 cm³/mol. The number of anilines is 2. The second-order valence-electron chi connectivity index (χ2n) is 5.30. The number of halogens is 3. The van der Waals surface area contributed by atoms with Gasteiger partial charge in [-0.1, -0.05) is 88.2 Å². The van der Waals surface area contributed by atoms with E-state index in [0.29, 0.717) is 36.8 Å². The molecular weight excluding hydrogens is 447 g/mol. The molecule has 0 aliphatic heterocycles. The van der Waals surface area contributed by atoms with E-state index in [1.807, 2.05) is 30.3 Å². The van der Waals surface area contributed by atoms with E-state index in [0.717, 1.165) is 5.56 Å². The summed E-state index contributed by atoms with van der Waals surface area (Å²) in [5.41, 5.74) is 1.57. The second kappa shape index (κ2) is 9.61. The Kier molecular flexibility index (Phi) is 7.20. The average molecular weight is 460 g/mol. The molecule has 2 N–H and O–H groups in total. The molecule has 0 atom stereocenters. The van der Waals surface area contributed by atoms with Crippen molar-refractivity contribution in [3.8, 4) is 0 Å². The van der Waals surface area contributed by atoms with Crippen LogP contribution in [0, 0.1) is 0 Å². The maximum Gasteiger partial charge on any atom is 0.234 e. The summed E-state index contributed by atoms with van der Waals surface area (Å²) in [5, 5.41) is 15.8. The van der Waals surface area contributed by atoms with Gasteiger partial charge in [-0.2, -0.15) is 0 Å². The van der Waals surface area contributed by atoms with E-state index in [4.69, 9.17) is 34.8 Å². The maximum absolute atomic E-state index is 12.1. The summed E-state index contributed by atoms with van der Waals surface area (Å²) in [4.78, 5) is 12.1. The van der Waals surface area contributed by atoms with Gasteiger partial charge in [-0.25, -0.2) is 0 Å². The lowest BCUT2D eigenvalue weighted by Gasteiger charge is -2.08. The highest BCUT2D eigenvalue weighted by atomic mass is 35.5. The van der Waals surface area contributed by atoms with E-state index in [9.17, 15) is 4.79 Å². The smallest absolute Gasteiger partial charge is 0.234 e. The number of hydrogen-bond acceptors (Lipinski definition) is 6. The van der Waals surface area contributed by atoms with Gasteiger partial charge in [0.15, 0.2) is 4.34 Å². The maximum atomic E-state index is 12.1. The number of nitrogens with one attached hydrogen (secondary N) is 2. The molecule has 0 saturated carbocycles. The number of carbonyl (C=O) groups excluding carboxylic acids is 1. The lowest BCUT2D eigenvalue weighted by atomic mass is 10.2. The largest absolute Gasteiger partial charge is 0.356 e. The molecule has 3 rings (SSSR count). The van der Waals surface area contributed by atoms with Crippen molar-refractivity contribution in [3.63, 3.8) is 0 Å². The van der Waals surface area contributed by atoms with Crippen LogP contribution in [0.25, 0.3) is 0 Å². The molecule has 0 saturated heterocycles. The van der Waals surface area contributed by atoms with Crippen molar-refractivity contribution in [2.24, 2.45) is 0 Å². The molecule has 0 unspecified atom stereocenters. The molecule has 1 heterocycles. The average Bonchev–Trinajstić information content (AvgIpc) is 3.12. The van der Waals surface area contributed by atoms with Crippen molar-refractivity contribution in [2.75, 3.05) is 16.4 Å². The highest BCUT2D eigenvalue weighted by Crippen LogP contribution is 2.32. The SMILES string of the molecule is O=C(CSc1nnc(NCc2ccccc2)s1)Nc1cc(Cl)c(Cl)cc1Cl. The van der Waals surface area contributed by atoms with Gasteiger partial charge >= 0.3 is 0 Å². The molecule has 0 spiro atoms. The van der Waals surface area contributed by atoms with Crippen molar-refractivity contribution in [1.82, 2.24) is 10.2 Å². The lowest BCUT2D eigenvalue weighted by molar-refractivity contribution is -0.113. The zero-order chi connectivity index (χ0) is 19.2. The van der Waals surface area contributed by atoms with Crippen LogP contribution in [-0.2, 0) is 11.3 Å². The minimum atomic E-state index is -0.228. The molecule has 1 aromatic heterocycles. The molecule has 5 nitrogen and oxygen atoms in total. The fourth-order valence-electron chi connectivity index (χ4n) is 2.04. The van der Waals surface area contributed by atoms with Crippen LogP contribution in [0.2, 0.25) is 15.1 Å². The monoisotopic (exact) mass is 458 g/mol. The molecule has 0 fully saturated rings. The van der Waals surface area contributed by atoms with Crippen molar-refractivity contribution in [1.29, 1.82) is 0 Å². The van der Waals surface area contributed by atoms with Gasteiger partial charge in [0.2, 0.25) is 11.0 Å². The third-order valence-electron chi connectivity index (χ3n) is 3.30. The van der Waals surface area contributed by atoms with Crippen LogP contribution in [0.1, 0.15) is 5.56 Å². The lowest BCUT2D eigenvalue weighted by Crippen LogP contribution is -2.14. The fraction of sp³-hybridized carbons (Fsp3) is 0.118. The molecule has 0 aliphatic carbocycles.